The predicted molar refractivity (Wildman–Crippen MR) is 101 cm³/mol. The molecule has 1 atom stereocenters. The van der Waals surface area contributed by atoms with Gasteiger partial charge in [-0.1, -0.05) is 30.3 Å². The van der Waals surface area contributed by atoms with Crippen LogP contribution in [0.15, 0.2) is 65.9 Å². The Kier molecular flexibility index (Phi) is 5.66. The average Bonchev–Trinajstić information content (AvgIpc) is 2.67. The SMILES string of the molecule is CC1=C(C(=O)Nc2ccc([N+](=O)[O-])cc2)[C@@H](OCc2ccccc2)NC(=O)N1. The molecule has 2 aromatic carbocycles. The van der Waals surface area contributed by atoms with Crippen molar-refractivity contribution in [1.82, 2.24) is 10.6 Å². The van der Waals surface area contributed by atoms with E-state index in [4.69, 9.17) is 4.74 Å². The minimum atomic E-state index is -0.938. The average molecular weight is 382 g/mol. The molecule has 1 heterocycles. The van der Waals surface area contributed by atoms with E-state index >= 15 is 0 Å². The Morgan fingerprint density at radius 3 is 2.50 bits per heavy atom. The van der Waals surface area contributed by atoms with Crippen LogP contribution in [0.5, 0.6) is 0 Å². The predicted octanol–water partition coefficient (Wildman–Crippen LogP) is 2.66. The van der Waals surface area contributed by atoms with Gasteiger partial charge in [-0.2, -0.15) is 0 Å². The lowest BCUT2D eigenvalue weighted by atomic mass is 10.1. The molecule has 0 saturated heterocycles. The number of hydrogen-bond donors (Lipinski definition) is 3. The van der Waals surface area contributed by atoms with Crippen LogP contribution in [0.25, 0.3) is 0 Å². The van der Waals surface area contributed by atoms with Crippen molar-refractivity contribution in [2.45, 2.75) is 19.8 Å². The Bertz CT molecular complexity index is 925. The third-order valence-corrected chi connectivity index (χ3v) is 4.07. The number of nitro groups is 1. The van der Waals surface area contributed by atoms with Gasteiger partial charge in [0.15, 0.2) is 6.23 Å². The highest BCUT2D eigenvalue weighted by Gasteiger charge is 2.30. The smallest absolute Gasteiger partial charge is 0.321 e. The number of urea groups is 1. The van der Waals surface area contributed by atoms with Gasteiger partial charge in [0.25, 0.3) is 11.6 Å². The molecule has 3 amide bonds. The molecule has 0 aliphatic carbocycles. The van der Waals surface area contributed by atoms with Gasteiger partial charge < -0.3 is 20.7 Å². The third-order valence-electron chi connectivity index (χ3n) is 4.07. The number of nitrogens with one attached hydrogen (secondary N) is 3. The molecule has 1 aliphatic rings. The maximum Gasteiger partial charge on any atom is 0.321 e. The number of nitro benzene ring substituents is 1. The second kappa shape index (κ2) is 8.31. The molecule has 0 spiro atoms. The quantitative estimate of drug-likeness (QED) is 0.524. The van der Waals surface area contributed by atoms with Crippen molar-refractivity contribution >= 4 is 23.3 Å². The van der Waals surface area contributed by atoms with Gasteiger partial charge in [-0.15, -0.1) is 0 Å². The topological polar surface area (TPSA) is 123 Å². The number of non-ortho nitro benzene ring substituents is 1. The molecule has 3 rings (SSSR count). The van der Waals surface area contributed by atoms with Crippen LogP contribution in [-0.2, 0) is 16.1 Å². The summed E-state index contributed by atoms with van der Waals surface area (Å²) in [6, 6.07) is 14.3. The normalized spacial score (nSPS) is 16.2. The Hall–Kier alpha value is -3.72. The van der Waals surface area contributed by atoms with E-state index in [1.165, 1.54) is 24.3 Å². The first-order valence-electron chi connectivity index (χ1n) is 8.43. The van der Waals surface area contributed by atoms with E-state index in [2.05, 4.69) is 16.0 Å². The summed E-state index contributed by atoms with van der Waals surface area (Å²) in [5.74, 6) is -0.489. The molecule has 1 aliphatic heterocycles. The molecule has 0 aromatic heterocycles. The Morgan fingerprint density at radius 1 is 1.18 bits per heavy atom. The van der Waals surface area contributed by atoms with Gasteiger partial charge in [-0.05, 0) is 24.6 Å². The van der Waals surface area contributed by atoms with Crippen molar-refractivity contribution in [3.05, 3.63) is 81.5 Å². The number of hydrogen-bond acceptors (Lipinski definition) is 5. The summed E-state index contributed by atoms with van der Waals surface area (Å²) >= 11 is 0. The lowest BCUT2D eigenvalue weighted by Gasteiger charge is -2.28. The fourth-order valence-electron chi connectivity index (χ4n) is 2.69. The molecule has 2 aromatic rings. The molecule has 9 heteroatoms. The Balaban J connectivity index is 1.75. The number of amides is 3. The van der Waals surface area contributed by atoms with Gasteiger partial charge in [0.1, 0.15) is 0 Å². The highest BCUT2D eigenvalue weighted by Crippen LogP contribution is 2.20. The summed E-state index contributed by atoms with van der Waals surface area (Å²) in [4.78, 5) is 34.8. The Morgan fingerprint density at radius 2 is 1.86 bits per heavy atom. The van der Waals surface area contributed by atoms with E-state index < -0.39 is 23.1 Å². The summed E-state index contributed by atoms with van der Waals surface area (Å²) in [5, 5.41) is 18.5. The largest absolute Gasteiger partial charge is 0.349 e. The number of carbonyl (C=O) groups is 2. The standard InChI is InChI=1S/C19H18N4O5/c1-12-16(17(24)21-14-7-9-15(10-8-14)23(26)27)18(22-19(25)20-12)28-11-13-5-3-2-4-6-13/h2-10,18H,11H2,1H3,(H,21,24)(H2,20,22,25)/t18-/m1/s1. The summed E-state index contributed by atoms with van der Waals surface area (Å²) in [5.41, 5.74) is 1.77. The molecule has 0 saturated carbocycles. The van der Waals surface area contributed by atoms with E-state index in [1.54, 1.807) is 6.92 Å². The molecule has 0 unspecified atom stereocenters. The molecular formula is C19H18N4O5. The summed E-state index contributed by atoms with van der Waals surface area (Å²) in [7, 11) is 0. The van der Waals surface area contributed by atoms with Crippen molar-refractivity contribution in [3.63, 3.8) is 0 Å². The van der Waals surface area contributed by atoms with Crippen LogP contribution in [0.1, 0.15) is 12.5 Å². The number of ether oxygens (including phenoxy) is 1. The highest BCUT2D eigenvalue weighted by molar-refractivity contribution is 6.06. The second-order valence-electron chi connectivity index (χ2n) is 6.07. The maximum atomic E-state index is 12.8. The maximum absolute atomic E-state index is 12.8. The number of rotatable bonds is 6. The zero-order valence-corrected chi connectivity index (χ0v) is 15.0. The molecule has 0 radical (unpaired) electrons. The molecule has 0 bridgehead atoms. The van der Waals surface area contributed by atoms with Gasteiger partial charge in [0.2, 0.25) is 0 Å². The van der Waals surface area contributed by atoms with E-state index in [0.29, 0.717) is 11.4 Å². The number of anilines is 1. The molecule has 9 nitrogen and oxygen atoms in total. The zero-order chi connectivity index (χ0) is 20.1. The lowest BCUT2D eigenvalue weighted by molar-refractivity contribution is -0.384. The second-order valence-corrected chi connectivity index (χ2v) is 6.07. The van der Waals surface area contributed by atoms with Gasteiger partial charge in [-0.25, -0.2) is 4.79 Å². The summed E-state index contributed by atoms with van der Waals surface area (Å²) < 4.78 is 5.75. The Labute approximate surface area is 160 Å². The van der Waals surface area contributed by atoms with Gasteiger partial charge >= 0.3 is 6.03 Å². The first-order valence-corrected chi connectivity index (χ1v) is 8.43. The third kappa shape index (κ3) is 4.51. The van der Waals surface area contributed by atoms with Crippen LogP contribution in [0.3, 0.4) is 0 Å². The summed E-state index contributed by atoms with van der Waals surface area (Å²) in [6.45, 7) is 1.80. The number of benzene rings is 2. The van der Waals surface area contributed by atoms with Crippen LogP contribution in [0.4, 0.5) is 16.2 Å². The molecule has 28 heavy (non-hydrogen) atoms. The molecular weight excluding hydrogens is 364 g/mol. The first kappa shape index (κ1) is 19.1. The summed E-state index contributed by atoms with van der Waals surface area (Å²) in [6.07, 6.45) is -0.938. The first-order chi connectivity index (χ1) is 13.4. The van der Waals surface area contributed by atoms with Crippen molar-refractivity contribution in [2.24, 2.45) is 0 Å². The van der Waals surface area contributed by atoms with E-state index in [-0.39, 0.29) is 17.9 Å². The van der Waals surface area contributed by atoms with Gasteiger partial charge in [0.05, 0.1) is 17.1 Å². The zero-order valence-electron chi connectivity index (χ0n) is 15.0. The molecule has 0 fully saturated rings. The fraction of sp³-hybridized carbons (Fsp3) is 0.158. The van der Waals surface area contributed by atoms with Crippen LogP contribution in [0, 0.1) is 10.1 Å². The van der Waals surface area contributed by atoms with Crippen molar-refractivity contribution in [1.29, 1.82) is 0 Å². The highest BCUT2D eigenvalue weighted by atomic mass is 16.6. The van der Waals surface area contributed by atoms with Crippen molar-refractivity contribution in [3.8, 4) is 0 Å². The minimum absolute atomic E-state index is 0.0796. The monoisotopic (exact) mass is 382 g/mol. The lowest BCUT2D eigenvalue weighted by Crippen LogP contribution is -2.51. The minimum Gasteiger partial charge on any atom is -0.349 e. The van der Waals surface area contributed by atoms with Crippen molar-refractivity contribution in [2.75, 3.05) is 5.32 Å². The van der Waals surface area contributed by atoms with Crippen LogP contribution in [0.2, 0.25) is 0 Å². The number of allylic oxidation sites excluding steroid dienone is 1. The van der Waals surface area contributed by atoms with Crippen molar-refractivity contribution < 1.29 is 19.2 Å². The van der Waals surface area contributed by atoms with Crippen LogP contribution in [-0.4, -0.2) is 23.1 Å². The van der Waals surface area contributed by atoms with Crippen LogP contribution >= 0.6 is 0 Å². The van der Waals surface area contributed by atoms with Crippen LogP contribution < -0.4 is 16.0 Å². The van der Waals surface area contributed by atoms with E-state index in [1.807, 2.05) is 30.3 Å². The van der Waals surface area contributed by atoms with Gasteiger partial charge in [-0.3, -0.25) is 14.9 Å². The molecule has 3 N–H and O–H groups in total. The number of carbonyl (C=O) groups excluding carboxylic acids is 2. The fourth-order valence-corrected chi connectivity index (χ4v) is 2.69. The number of nitrogens with zero attached hydrogens (tertiary/aromatic N) is 1. The van der Waals surface area contributed by atoms with E-state index in [0.717, 1.165) is 5.56 Å². The molecule has 144 valence electrons. The van der Waals surface area contributed by atoms with E-state index in [9.17, 15) is 19.7 Å². The van der Waals surface area contributed by atoms with Gasteiger partial charge in [0, 0.05) is 23.5 Å².